The van der Waals surface area contributed by atoms with Gasteiger partial charge in [0.1, 0.15) is 5.56 Å². The van der Waals surface area contributed by atoms with Crippen molar-refractivity contribution in [3.05, 3.63) is 34.2 Å². The molecular weight excluding hydrogens is 246 g/mol. The Bertz CT molecular complexity index is 573. The summed E-state index contributed by atoms with van der Waals surface area (Å²) in [5.74, 6) is -1.49. The van der Waals surface area contributed by atoms with Crippen LogP contribution in [0.2, 0.25) is 0 Å². The quantitative estimate of drug-likeness (QED) is 0.802. The van der Waals surface area contributed by atoms with Gasteiger partial charge in [-0.15, -0.1) is 0 Å². The lowest BCUT2D eigenvalue weighted by molar-refractivity contribution is 0.0694. The second-order valence-electron chi connectivity index (χ2n) is 3.46. The first-order valence-electron chi connectivity index (χ1n) is 5.00. The minimum absolute atomic E-state index is 0.000369. The third kappa shape index (κ3) is 3.42. The van der Waals surface area contributed by atoms with Gasteiger partial charge in [0, 0.05) is 18.5 Å². The zero-order valence-electron chi connectivity index (χ0n) is 9.29. The maximum absolute atomic E-state index is 11.6. The van der Waals surface area contributed by atoms with Crippen LogP contribution in [-0.4, -0.2) is 35.6 Å². The lowest BCUT2D eigenvalue weighted by atomic mass is 10.3. The molecule has 0 bridgehead atoms. The van der Waals surface area contributed by atoms with Crippen molar-refractivity contribution in [3.63, 3.8) is 0 Å². The van der Waals surface area contributed by atoms with Crippen molar-refractivity contribution in [1.29, 1.82) is 0 Å². The van der Waals surface area contributed by atoms with E-state index >= 15 is 0 Å². The molecule has 0 radical (unpaired) electrons. The topological polar surface area (TPSA) is 93.4 Å². The molecule has 0 aliphatic rings. The molecule has 0 aliphatic heterocycles. The van der Waals surface area contributed by atoms with Crippen LogP contribution in [0.3, 0.4) is 0 Å². The second kappa shape index (κ2) is 5.13. The van der Waals surface area contributed by atoms with Crippen LogP contribution in [-0.2, 0) is 16.4 Å². The number of aromatic carboxylic acids is 1. The monoisotopic (exact) mass is 259 g/mol. The summed E-state index contributed by atoms with van der Waals surface area (Å²) in [5.41, 5.74) is -1.05. The molecule has 94 valence electrons. The first-order valence-corrected chi connectivity index (χ1v) is 6.82. The van der Waals surface area contributed by atoms with Gasteiger partial charge in [-0.3, -0.25) is 4.79 Å². The molecule has 0 spiro atoms. The normalized spacial score (nSPS) is 11.4. The van der Waals surface area contributed by atoms with E-state index in [4.69, 9.17) is 5.11 Å². The standard InChI is InChI=1S/C10H13NO5S/c1-2-17(15,16)7-6-11-5-3-4-8(9(11)12)10(13)14/h3-5H,2,6-7H2,1H3,(H,13,14). The molecule has 1 rings (SSSR count). The zero-order valence-corrected chi connectivity index (χ0v) is 10.1. The first-order chi connectivity index (χ1) is 7.87. The number of carboxylic acids is 1. The summed E-state index contributed by atoms with van der Waals surface area (Å²) in [6, 6.07) is 2.60. The summed E-state index contributed by atoms with van der Waals surface area (Å²) in [5, 5.41) is 8.73. The Morgan fingerprint density at radius 2 is 2.12 bits per heavy atom. The van der Waals surface area contributed by atoms with Crippen molar-refractivity contribution in [1.82, 2.24) is 4.57 Å². The average molecular weight is 259 g/mol. The van der Waals surface area contributed by atoms with E-state index in [1.807, 2.05) is 0 Å². The van der Waals surface area contributed by atoms with Gasteiger partial charge in [0.05, 0.1) is 5.75 Å². The van der Waals surface area contributed by atoms with Gasteiger partial charge in [-0.25, -0.2) is 13.2 Å². The van der Waals surface area contributed by atoms with Gasteiger partial charge in [-0.2, -0.15) is 0 Å². The maximum Gasteiger partial charge on any atom is 0.341 e. The number of nitrogens with zero attached hydrogens (tertiary/aromatic N) is 1. The van der Waals surface area contributed by atoms with Crippen LogP contribution in [0.15, 0.2) is 23.1 Å². The van der Waals surface area contributed by atoms with Crippen LogP contribution < -0.4 is 5.56 Å². The fourth-order valence-electron chi connectivity index (χ4n) is 1.26. The van der Waals surface area contributed by atoms with Crippen molar-refractivity contribution >= 4 is 15.8 Å². The summed E-state index contributed by atoms with van der Waals surface area (Å²) >= 11 is 0. The third-order valence-electron chi connectivity index (χ3n) is 2.33. The van der Waals surface area contributed by atoms with E-state index in [0.29, 0.717) is 0 Å². The summed E-state index contributed by atoms with van der Waals surface area (Å²) in [7, 11) is -3.17. The predicted octanol–water partition coefficient (Wildman–Crippen LogP) is -0.0188. The van der Waals surface area contributed by atoms with Crippen LogP contribution >= 0.6 is 0 Å². The number of aromatic nitrogens is 1. The molecule has 0 amide bonds. The molecule has 1 heterocycles. The Kier molecular flexibility index (Phi) is 4.06. The highest BCUT2D eigenvalue weighted by molar-refractivity contribution is 7.91. The maximum atomic E-state index is 11.6. The van der Waals surface area contributed by atoms with Crippen LogP contribution in [0.5, 0.6) is 0 Å². The summed E-state index contributed by atoms with van der Waals surface area (Å²) in [6.45, 7) is 1.49. The fourth-order valence-corrected chi connectivity index (χ4v) is 2.02. The Labute approximate surface area is 98.4 Å². The molecule has 0 unspecified atom stereocenters. The third-order valence-corrected chi connectivity index (χ3v) is 4.02. The van der Waals surface area contributed by atoms with Gasteiger partial charge in [0.2, 0.25) is 0 Å². The Morgan fingerprint density at radius 3 is 2.65 bits per heavy atom. The number of carboxylic acid groups (broad SMARTS) is 1. The van der Waals surface area contributed by atoms with E-state index in [-0.39, 0.29) is 23.6 Å². The van der Waals surface area contributed by atoms with Gasteiger partial charge < -0.3 is 9.67 Å². The number of aryl methyl sites for hydroxylation is 1. The minimum atomic E-state index is -3.17. The Morgan fingerprint density at radius 1 is 1.47 bits per heavy atom. The van der Waals surface area contributed by atoms with E-state index in [0.717, 1.165) is 4.57 Å². The number of hydrogen-bond acceptors (Lipinski definition) is 4. The molecule has 0 aromatic carbocycles. The molecule has 0 aliphatic carbocycles. The SMILES string of the molecule is CCS(=O)(=O)CCn1cccc(C(=O)O)c1=O. The van der Waals surface area contributed by atoms with Gasteiger partial charge in [-0.1, -0.05) is 6.92 Å². The Hall–Kier alpha value is -1.63. The van der Waals surface area contributed by atoms with E-state index in [1.165, 1.54) is 25.3 Å². The number of hydrogen-bond donors (Lipinski definition) is 1. The molecule has 0 fully saturated rings. The van der Waals surface area contributed by atoms with Crippen molar-refractivity contribution in [2.75, 3.05) is 11.5 Å². The number of carbonyl (C=O) groups is 1. The van der Waals surface area contributed by atoms with Crippen molar-refractivity contribution in [3.8, 4) is 0 Å². The van der Waals surface area contributed by atoms with Gasteiger partial charge >= 0.3 is 5.97 Å². The molecule has 6 nitrogen and oxygen atoms in total. The largest absolute Gasteiger partial charge is 0.477 e. The van der Waals surface area contributed by atoms with Crippen LogP contribution in [0, 0.1) is 0 Å². The molecular formula is C10H13NO5S. The van der Waals surface area contributed by atoms with Gasteiger partial charge in [0.25, 0.3) is 5.56 Å². The van der Waals surface area contributed by atoms with E-state index < -0.39 is 21.4 Å². The number of sulfone groups is 1. The number of rotatable bonds is 5. The van der Waals surface area contributed by atoms with E-state index in [9.17, 15) is 18.0 Å². The van der Waals surface area contributed by atoms with Gasteiger partial charge in [0.15, 0.2) is 9.84 Å². The molecule has 0 saturated carbocycles. The first kappa shape index (κ1) is 13.4. The fraction of sp³-hybridized carbons (Fsp3) is 0.400. The lowest BCUT2D eigenvalue weighted by Crippen LogP contribution is -2.28. The molecule has 1 N–H and O–H groups in total. The molecule has 17 heavy (non-hydrogen) atoms. The second-order valence-corrected chi connectivity index (χ2v) is 5.93. The highest BCUT2D eigenvalue weighted by Crippen LogP contribution is 1.95. The average Bonchev–Trinajstić information content (AvgIpc) is 2.27. The van der Waals surface area contributed by atoms with Crippen molar-refractivity contribution in [2.24, 2.45) is 0 Å². The Balaban J connectivity index is 2.98. The molecule has 7 heteroatoms. The zero-order chi connectivity index (χ0) is 13.1. The molecule has 0 saturated heterocycles. The van der Waals surface area contributed by atoms with E-state index in [1.54, 1.807) is 0 Å². The van der Waals surface area contributed by atoms with Crippen molar-refractivity contribution < 1.29 is 18.3 Å². The van der Waals surface area contributed by atoms with E-state index in [2.05, 4.69) is 0 Å². The lowest BCUT2D eigenvalue weighted by Gasteiger charge is -2.06. The molecule has 1 aromatic heterocycles. The highest BCUT2D eigenvalue weighted by Gasteiger charge is 2.12. The van der Waals surface area contributed by atoms with Crippen LogP contribution in [0.25, 0.3) is 0 Å². The number of pyridine rings is 1. The van der Waals surface area contributed by atoms with Crippen LogP contribution in [0.4, 0.5) is 0 Å². The smallest absolute Gasteiger partial charge is 0.341 e. The van der Waals surface area contributed by atoms with Gasteiger partial charge in [-0.05, 0) is 12.1 Å². The van der Waals surface area contributed by atoms with Crippen LogP contribution in [0.1, 0.15) is 17.3 Å². The molecule has 1 aromatic rings. The minimum Gasteiger partial charge on any atom is -0.477 e. The molecule has 0 atom stereocenters. The predicted molar refractivity (Wildman–Crippen MR) is 62.0 cm³/mol. The van der Waals surface area contributed by atoms with Crippen molar-refractivity contribution in [2.45, 2.75) is 13.5 Å². The summed E-state index contributed by atoms with van der Waals surface area (Å²) in [6.07, 6.45) is 1.37. The highest BCUT2D eigenvalue weighted by atomic mass is 32.2. The summed E-state index contributed by atoms with van der Waals surface area (Å²) < 4.78 is 23.6. The summed E-state index contributed by atoms with van der Waals surface area (Å²) in [4.78, 5) is 22.3.